The monoisotopic (exact) mass is 190 g/mol. The van der Waals surface area contributed by atoms with Crippen LogP contribution in [-0.4, -0.2) is 20.0 Å². The zero-order chi connectivity index (χ0) is 6.53. The van der Waals surface area contributed by atoms with Crippen LogP contribution in [0.25, 0.3) is 0 Å². The van der Waals surface area contributed by atoms with E-state index in [1.165, 1.54) is 44.9 Å². The first-order valence-electron chi connectivity index (χ1n) is 3.91. The quantitative estimate of drug-likeness (QED) is 0.512. The van der Waals surface area contributed by atoms with Crippen LogP contribution in [-0.2, 0) is 0 Å². The molecular weight excluding hydrogens is 175 g/mol. The molecule has 1 aliphatic carbocycles. The molecule has 1 saturated carbocycles. The molecule has 1 aliphatic rings. The van der Waals surface area contributed by atoms with Crippen LogP contribution in [0.2, 0.25) is 0 Å². The summed E-state index contributed by atoms with van der Waals surface area (Å²) in [6.45, 7) is 0. The van der Waals surface area contributed by atoms with Crippen molar-refractivity contribution in [1.82, 2.24) is 0 Å². The Hall–Kier alpha value is 0.389. The van der Waals surface area contributed by atoms with Gasteiger partial charge in [0.1, 0.15) is 0 Å². The van der Waals surface area contributed by atoms with Crippen molar-refractivity contribution < 1.29 is 0 Å². The molecule has 0 aromatic rings. The van der Waals surface area contributed by atoms with E-state index in [9.17, 15) is 0 Å². The Morgan fingerprint density at radius 1 is 0.778 bits per heavy atom. The average Bonchev–Trinajstić information content (AvgIpc) is 1.79. The molecule has 0 atom stereocenters. The Kier molecular flexibility index (Phi) is 3.53. The first-order chi connectivity index (χ1) is 4.39. The molecule has 0 unspecified atom stereocenters. The number of rotatable bonds is 0. The molecule has 0 saturated heterocycles. The molecule has 1 heteroatoms. The standard InChI is InChI=1S/C8H14Se/c9-8-6-4-2-1-3-5-7-8/h1-7H2. The fourth-order valence-electron chi connectivity index (χ4n) is 1.30. The molecule has 9 heavy (non-hydrogen) atoms. The molecule has 0 spiro atoms. The number of hydrogen-bond acceptors (Lipinski definition) is 0. The zero-order valence-corrected chi connectivity index (χ0v) is 7.57. The Bertz CT molecular complexity index is 86.7. The van der Waals surface area contributed by atoms with E-state index in [1.54, 1.807) is 4.42 Å². The third kappa shape index (κ3) is 3.17. The Morgan fingerprint density at radius 2 is 1.22 bits per heavy atom. The van der Waals surface area contributed by atoms with Crippen LogP contribution in [0.15, 0.2) is 0 Å². The molecule has 0 aromatic carbocycles. The van der Waals surface area contributed by atoms with Crippen LogP contribution in [0.5, 0.6) is 0 Å². The number of hydrogen-bond donors (Lipinski definition) is 0. The Balaban J connectivity index is 2.20. The van der Waals surface area contributed by atoms with Crippen LogP contribution in [0.3, 0.4) is 0 Å². The minimum atomic E-state index is 1.35. The molecule has 0 aliphatic heterocycles. The zero-order valence-electron chi connectivity index (χ0n) is 5.86. The van der Waals surface area contributed by atoms with Crippen molar-refractivity contribution in [3.63, 3.8) is 0 Å². The molecule has 1 rings (SSSR count). The molecule has 52 valence electrons. The summed E-state index contributed by atoms with van der Waals surface area (Å²) in [6.07, 6.45) is 9.90. The summed E-state index contributed by atoms with van der Waals surface area (Å²) < 4.78 is 1.61. The van der Waals surface area contributed by atoms with Gasteiger partial charge in [0.15, 0.2) is 0 Å². The minimum absolute atomic E-state index is 1.35. The molecule has 1 fully saturated rings. The summed E-state index contributed by atoms with van der Waals surface area (Å²) in [5.74, 6) is 0. The van der Waals surface area contributed by atoms with Crippen molar-refractivity contribution in [1.29, 1.82) is 0 Å². The molecule has 0 amide bonds. The van der Waals surface area contributed by atoms with Crippen LogP contribution in [0.1, 0.15) is 44.9 Å². The first kappa shape index (κ1) is 7.50. The van der Waals surface area contributed by atoms with Gasteiger partial charge in [-0.05, 0) is 0 Å². The first-order valence-corrected chi connectivity index (χ1v) is 4.77. The molecule has 0 radical (unpaired) electrons. The van der Waals surface area contributed by atoms with E-state index in [1.807, 2.05) is 0 Å². The van der Waals surface area contributed by atoms with E-state index in [0.29, 0.717) is 0 Å². The van der Waals surface area contributed by atoms with Crippen molar-refractivity contribution >= 4 is 20.0 Å². The summed E-state index contributed by atoms with van der Waals surface area (Å²) >= 11 is 3.16. The molecule has 0 aromatic heterocycles. The summed E-state index contributed by atoms with van der Waals surface area (Å²) in [5, 5.41) is 0. The van der Waals surface area contributed by atoms with E-state index in [4.69, 9.17) is 0 Å². The van der Waals surface area contributed by atoms with Gasteiger partial charge in [-0.25, -0.2) is 0 Å². The van der Waals surface area contributed by atoms with Gasteiger partial charge in [-0.15, -0.1) is 0 Å². The van der Waals surface area contributed by atoms with Crippen molar-refractivity contribution in [2.45, 2.75) is 44.9 Å². The second-order valence-corrected chi connectivity index (χ2v) is 4.02. The van der Waals surface area contributed by atoms with Crippen molar-refractivity contribution in [3.8, 4) is 0 Å². The van der Waals surface area contributed by atoms with Gasteiger partial charge in [0.05, 0.1) is 0 Å². The molecule has 0 nitrogen and oxygen atoms in total. The normalized spacial score (nSPS) is 22.9. The third-order valence-electron chi connectivity index (χ3n) is 1.91. The van der Waals surface area contributed by atoms with Crippen LogP contribution in [0.4, 0.5) is 0 Å². The topological polar surface area (TPSA) is 0 Å². The average molecular weight is 189 g/mol. The molecule has 0 heterocycles. The maximum absolute atomic E-state index is 3.16. The SMILES string of the molecule is [Se]=C1CCCCCCC1. The van der Waals surface area contributed by atoms with Crippen LogP contribution >= 0.6 is 0 Å². The van der Waals surface area contributed by atoms with Gasteiger partial charge in [0, 0.05) is 0 Å². The van der Waals surface area contributed by atoms with E-state index in [0.717, 1.165) is 0 Å². The maximum atomic E-state index is 3.16. The van der Waals surface area contributed by atoms with E-state index >= 15 is 0 Å². The summed E-state index contributed by atoms with van der Waals surface area (Å²) in [4.78, 5) is 0. The Morgan fingerprint density at radius 3 is 1.78 bits per heavy atom. The summed E-state index contributed by atoms with van der Waals surface area (Å²) in [7, 11) is 0. The summed E-state index contributed by atoms with van der Waals surface area (Å²) in [5.41, 5.74) is 0. The predicted molar refractivity (Wildman–Crippen MR) is 43.1 cm³/mol. The van der Waals surface area contributed by atoms with Gasteiger partial charge in [0.2, 0.25) is 0 Å². The molecule has 0 N–H and O–H groups in total. The van der Waals surface area contributed by atoms with Crippen molar-refractivity contribution in [2.24, 2.45) is 0 Å². The fourth-order valence-corrected chi connectivity index (χ4v) is 1.91. The second-order valence-electron chi connectivity index (χ2n) is 2.81. The van der Waals surface area contributed by atoms with E-state index in [-0.39, 0.29) is 0 Å². The van der Waals surface area contributed by atoms with Crippen LogP contribution < -0.4 is 0 Å². The third-order valence-corrected chi connectivity index (χ3v) is 2.77. The van der Waals surface area contributed by atoms with Gasteiger partial charge >= 0.3 is 64.9 Å². The molecule has 0 bridgehead atoms. The fraction of sp³-hybridized carbons (Fsp3) is 0.875. The predicted octanol–water partition coefficient (Wildman–Crippen LogP) is 2.07. The summed E-state index contributed by atoms with van der Waals surface area (Å²) in [6, 6.07) is 0. The van der Waals surface area contributed by atoms with Gasteiger partial charge in [-0.1, -0.05) is 0 Å². The van der Waals surface area contributed by atoms with Gasteiger partial charge in [0.25, 0.3) is 0 Å². The van der Waals surface area contributed by atoms with Gasteiger partial charge < -0.3 is 0 Å². The second kappa shape index (κ2) is 4.24. The van der Waals surface area contributed by atoms with Crippen molar-refractivity contribution in [2.75, 3.05) is 0 Å². The Labute approximate surface area is 65.4 Å². The van der Waals surface area contributed by atoms with Gasteiger partial charge in [-0.3, -0.25) is 0 Å². The molecular formula is C8H14Se. The van der Waals surface area contributed by atoms with Crippen molar-refractivity contribution in [3.05, 3.63) is 0 Å². The van der Waals surface area contributed by atoms with Crippen LogP contribution in [0, 0.1) is 0 Å². The van der Waals surface area contributed by atoms with Gasteiger partial charge in [-0.2, -0.15) is 0 Å². The van der Waals surface area contributed by atoms with E-state index < -0.39 is 0 Å². The van der Waals surface area contributed by atoms with E-state index in [2.05, 4.69) is 15.6 Å².